The lowest BCUT2D eigenvalue weighted by Crippen LogP contribution is -2.34. The molecule has 1 amide bonds. The molecule has 18 heavy (non-hydrogen) atoms. The number of amides is 1. The van der Waals surface area contributed by atoms with Gasteiger partial charge in [-0.1, -0.05) is 0 Å². The topological polar surface area (TPSA) is 93.4 Å². The van der Waals surface area contributed by atoms with Crippen molar-refractivity contribution < 1.29 is 13.2 Å². The fraction of sp³-hybridized carbons (Fsp3) is 0.455. The fourth-order valence-corrected chi connectivity index (χ4v) is 3.05. The van der Waals surface area contributed by atoms with Crippen molar-refractivity contribution in [1.29, 1.82) is 0 Å². The first-order valence-electron chi connectivity index (χ1n) is 5.60. The minimum absolute atomic E-state index is 0.0324. The second-order valence-corrected chi connectivity index (χ2v) is 6.37. The van der Waals surface area contributed by atoms with E-state index < -0.39 is 21.5 Å². The third-order valence-electron chi connectivity index (χ3n) is 2.95. The highest BCUT2D eigenvalue weighted by Gasteiger charge is 2.32. The van der Waals surface area contributed by atoms with Crippen molar-refractivity contribution in [2.24, 2.45) is 0 Å². The van der Waals surface area contributed by atoms with Crippen molar-refractivity contribution in [3.05, 3.63) is 18.5 Å². The summed E-state index contributed by atoms with van der Waals surface area (Å²) in [5.41, 5.74) is 5.63. The summed E-state index contributed by atoms with van der Waals surface area (Å²) in [6, 6.07) is 1.51. The first-order chi connectivity index (χ1) is 8.42. The smallest absolute Gasteiger partial charge is 0.238 e. The number of carbonyl (C=O) groups excluding carboxylic acids is 1. The number of sulfone groups is 1. The Morgan fingerprint density at radius 3 is 2.78 bits per heavy atom. The monoisotopic (exact) mass is 269 g/mol. The van der Waals surface area contributed by atoms with E-state index in [0.717, 1.165) is 12.8 Å². The summed E-state index contributed by atoms with van der Waals surface area (Å²) in [6.07, 6.45) is 4.50. The lowest BCUT2D eigenvalue weighted by Gasteiger charge is -2.16. The second-order valence-electron chi connectivity index (χ2n) is 4.41. The summed E-state index contributed by atoms with van der Waals surface area (Å²) >= 11 is 0. The third-order valence-corrected chi connectivity index (χ3v) is 4.62. The molecule has 98 valence electrons. The molecule has 1 aromatic heterocycles. The molecular weight excluding hydrogens is 254 g/mol. The Morgan fingerprint density at radius 1 is 1.56 bits per heavy atom. The highest BCUT2D eigenvalue weighted by molar-refractivity contribution is 7.92. The van der Waals surface area contributed by atoms with Crippen LogP contribution in [0.2, 0.25) is 0 Å². The van der Waals surface area contributed by atoms with Crippen LogP contribution in [0.1, 0.15) is 12.8 Å². The summed E-state index contributed by atoms with van der Waals surface area (Å²) in [5.74, 6) is -0.942. The Labute approximate surface area is 106 Å². The van der Waals surface area contributed by atoms with E-state index in [-0.39, 0.29) is 16.6 Å². The van der Waals surface area contributed by atoms with Gasteiger partial charge in [0.05, 0.1) is 16.8 Å². The Kier molecular flexibility index (Phi) is 3.25. The minimum atomic E-state index is -3.70. The van der Waals surface area contributed by atoms with Gasteiger partial charge in [-0.15, -0.1) is 0 Å². The van der Waals surface area contributed by atoms with Crippen LogP contribution in [0.25, 0.3) is 0 Å². The largest absolute Gasteiger partial charge is 0.396 e. The Hall–Kier alpha value is -1.63. The van der Waals surface area contributed by atoms with Crippen LogP contribution in [-0.2, 0) is 14.6 Å². The Balaban J connectivity index is 2.17. The molecule has 2 N–H and O–H groups in total. The van der Waals surface area contributed by atoms with Crippen LogP contribution in [0.3, 0.4) is 0 Å². The maximum absolute atomic E-state index is 12.1. The number of rotatable bonds is 4. The van der Waals surface area contributed by atoms with Gasteiger partial charge in [0.15, 0.2) is 9.84 Å². The van der Waals surface area contributed by atoms with Crippen LogP contribution in [0.15, 0.2) is 23.4 Å². The summed E-state index contributed by atoms with van der Waals surface area (Å²) in [4.78, 5) is 17.0. The zero-order valence-electron chi connectivity index (χ0n) is 10.0. The minimum Gasteiger partial charge on any atom is -0.396 e. The molecule has 7 heteroatoms. The fourth-order valence-electron chi connectivity index (χ4n) is 1.68. The van der Waals surface area contributed by atoms with Gasteiger partial charge in [0.25, 0.3) is 0 Å². The second kappa shape index (κ2) is 4.56. The summed E-state index contributed by atoms with van der Waals surface area (Å²) in [5, 5.41) is 0. The average Bonchev–Trinajstić information content (AvgIpc) is 3.11. The molecule has 0 aromatic carbocycles. The number of nitrogen functional groups attached to an aromatic ring is 1. The van der Waals surface area contributed by atoms with Crippen LogP contribution in [0, 0.1) is 0 Å². The van der Waals surface area contributed by atoms with E-state index in [9.17, 15) is 13.2 Å². The number of nitrogens with two attached hydrogens (primary N) is 1. The van der Waals surface area contributed by atoms with E-state index in [1.165, 1.54) is 23.4 Å². The number of hydrogen-bond acceptors (Lipinski definition) is 5. The molecule has 1 aromatic rings. The van der Waals surface area contributed by atoms with Crippen molar-refractivity contribution in [3.8, 4) is 0 Å². The molecular formula is C11H15N3O3S. The molecule has 1 fully saturated rings. The molecule has 1 saturated carbocycles. The Bertz CT molecular complexity index is 567. The van der Waals surface area contributed by atoms with Gasteiger partial charge in [0, 0.05) is 19.3 Å². The van der Waals surface area contributed by atoms with Crippen molar-refractivity contribution >= 4 is 21.4 Å². The molecule has 0 atom stereocenters. The van der Waals surface area contributed by atoms with Gasteiger partial charge in [0.2, 0.25) is 5.91 Å². The number of pyridine rings is 1. The van der Waals surface area contributed by atoms with Gasteiger partial charge in [-0.25, -0.2) is 8.42 Å². The molecule has 1 aliphatic carbocycles. The number of anilines is 1. The standard InChI is InChI=1S/C11H15N3O3S/c1-14(8-2-3-8)11(15)7-18(16,17)10-4-5-13-6-9(10)12/h4-6,8H,2-3,7,12H2,1H3. The predicted octanol–water partition coefficient (Wildman–Crippen LogP) is 0.0583. The summed E-state index contributed by atoms with van der Waals surface area (Å²) < 4.78 is 24.1. The number of carbonyl (C=O) groups is 1. The zero-order chi connectivity index (χ0) is 13.3. The molecule has 0 saturated heterocycles. The van der Waals surface area contributed by atoms with E-state index in [4.69, 9.17) is 5.73 Å². The normalized spacial score (nSPS) is 15.4. The van der Waals surface area contributed by atoms with E-state index in [2.05, 4.69) is 4.98 Å². The van der Waals surface area contributed by atoms with Gasteiger partial charge in [-0.3, -0.25) is 9.78 Å². The molecule has 1 heterocycles. The molecule has 0 radical (unpaired) electrons. The average molecular weight is 269 g/mol. The van der Waals surface area contributed by atoms with Gasteiger partial charge in [0.1, 0.15) is 5.75 Å². The van der Waals surface area contributed by atoms with E-state index in [1.807, 2.05) is 0 Å². The van der Waals surface area contributed by atoms with Crippen LogP contribution in [-0.4, -0.2) is 43.1 Å². The molecule has 0 spiro atoms. The van der Waals surface area contributed by atoms with Crippen LogP contribution in [0.5, 0.6) is 0 Å². The van der Waals surface area contributed by atoms with Crippen molar-refractivity contribution in [1.82, 2.24) is 9.88 Å². The van der Waals surface area contributed by atoms with Crippen LogP contribution < -0.4 is 5.73 Å². The first kappa shape index (κ1) is 12.8. The Morgan fingerprint density at radius 2 is 2.22 bits per heavy atom. The SMILES string of the molecule is CN(C(=O)CS(=O)(=O)c1ccncc1N)C1CC1. The van der Waals surface area contributed by atoms with Gasteiger partial charge < -0.3 is 10.6 Å². The summed E-state index contributed by atoms with van der Waals surface area (Å²) in [7, 11) is -2.07. The molecule has 2 rings (SSSR count). The quantitative estimate of drug-likeness (QED) is 0.834. The van der Waals surface area contributed by atoms with Crippen LogP contribution in [0.4, 0.5) is 5.69 Å². The zero-order valence-corrected chi connectivity index (χ0v) is 10.9. The van der Waals surface area contributed by atoms with Gasteiger partial charge in [-0.05, 0) is 18.9 Å². The van der Waals surface area contributed by atoms with E-state index in [0.29, 0.717) is 0 Å². The lowest BCUT2D eigenvalue weighted by atomic mass is 10.4. The maximum Gasteiger partial charge on any atom is 0.238 e. The van der Waals surface area contributed by atoms with E-state index in [1.54, 1.807) is 7.05 Å². The first-order valence-corrected chi connectivity index (χ1v) is 7.25. The third kappa shape index (κ3) is 2.61. The molecule has 0 aliphatic heterocycles. The van der Waals surface area contributed by atoms with Gasteiger partial charge in [-0.2, -0.15) is 0 Å². The molecule has 0 bridgehead atoms. The highest BCUT2D eigenvalue weighted by atomic mass is 32.2. The molecule has 6 nitrogen and oxygen atoms in total. The van der Waals surface area contributed by atoms with Crippen LogP contribution >= 0.6 is 0 Å². The highest BCUT2D eigenvalue weighted by Crippen LogP contribution is 2.26. The van der Waals surface area contributed by atoms with Crippen molar-refractivity contribution in [2.45, 2.75) is 23.8 Å². The number of aromatic nitrogens is 1. The number of hydrogen-bond donors (Lipinski definition) is 1. The predicted molar refractivity (Wildman–Crippen MR) is 66.5 cm³/mol. The summed E-state index contributed by atoms with van der Waals surface area (Å²) in [6.45, 7) is 0. The molecule has 0 unspecified atom stereocenters. The van der Waals surface area contributed by atoms with Crippen molar-refractivity contribution in [3.63, 3.8) is 0 Å². The lowest BCUT2D eigenvalue weighted by molar-refractivity contribution is -0.127. The number of nitrogens with zero attached hydrogens (tertiary/aromatic N) is 2. The van der Waals surface area contributed by atoms with E-state index >= 15 is 0 Å². The maximum atomic E-state index is 12.1. The van der Waals surface area contributed by atoms with Crippen molar-refractivity contribution in [2.75, 3.05) is 18.5 Å². The van der Waals surface area contributed by atoms with Gasteiger partial charge >= 0.3 is 0 Å². The molecule has 1 aliphatic rings.